The number of aromatic amines is 2. The first-order valence-electron chi connectivity index (χ1n) is 14.7. The van der Waals surface area contributed by atoms with Crippen LogP contribution in [0.15, 0.2) is 54.9 Å². The van der Waals surface area contributed by atoms with Crippen LogP contribution in [0, 0.1) is 6.92 Å². The Bertz CT molecular complexity index is 1590. The second-order valence-corrected chi connectivity index (χ2v) is 10.9. The molecule has 0 aliphatic carbocycles. The van der Waals surface area contributed by atoms with Crippen molar-refractivity contribution in [2.24, 2.45) is 0 Å². The van der Waals surface area contributed by atoms with Crippen molar-refractivity contribution in [3.63, 3.8) is 0 Å². The smallest absolute Gasteiger partial charge is 0.407 e. The summed E-state index contributed by atoms with van der Waals surface area (Å²) in [5.74, 6) is 2.13. The van der Waals surface area contributed by atoms with Gasteiger partial charge in [0.2, 0.25) is 5.91 Å². The number of methoxy groups -OCH3 is 1. The molecule has 2 bridgehead atoms. The number of aromatic nitrogens is 4. The summed E-state index contributed by atoms with van der Waals surface area (Å²) < 4.78 is 16.9. The topological polar surface area (TPSA) is 134 Å². The molecule has 2 aromatic carbocycles. The summed E-state index contributed by atoms with van der Waals surface area (Å²) in [6, 6.07) is 13.5. The van der Waals surface area contributed by atoms with Crippen molar-refractivity contribution in [1.29, 1.82) is 0 Å². The third-order valence-corrected chi connectivity index (χ3v) is 7.95. The van der Waals surface area contributed by atoms with Crippen LogP contribution in [0.3, 0.4) is 0 Å². The summed E-state index contributed by atoms with van der Waals surface area (Å²) in [4.78, 5) is 43.1. The third-order valence-electron chi connectivity index (χ3n) is 7.95. The summed E-state index contributed by atoms with van der Waals surface area (Å²) in [6.07, 6.45) is 6.07. The molecule has 0 radical (unpaired) electrons. The number of fused-ring (bicyclic) bond motifs is 6. The minimum absolute atomic E-state index is 0. The van der Waals surface area contributed by atoms with Crippen molar-refractivity contribution in [3.8, 4) is 39.4 Å². The highest BCUT2D eigenvalue weighted by molar-refractivity contribution is 7.59. The van der Waals surface area contributed by atoms with Gasteiger partial charge in [0, 0.05) is 18.7 Å². The number of ether oxygens (including phenoxy) is 3. The molecule has 2 aliphatic heterocycles. The van der Waals surface area contributed by atoms with Crippen LogP contribution >= 0.6 is 27.0 Å². The van der Waals surface area contributed by atoms with Crippen molar-refractivity contribution < 1.29 is 23.8 Å². The summed E-state index contributed by atoms with van der Waals surface area (Å²) in [5.41, 5.74) is 5.90. The zero-order valence-corrected chi connectivity index (χ0v) is 27.4. The van der Waals surface area contributed by atoms with Crippen LogP contribution in [0.1, 0.15) is 43.4 Å². The predicted molar refractivity (Wildman–Crippen MR) is 181 cm³/mol. The van der Waals surface area contributed by atoms with Crippen molar-refractivity contribution in [1.82, 2.24) is 30.2 Å². The number of carbonyl (C=O) groups excluding carboxylic acids is 2. The lowest BCUT2D eigenvalue weighted by atomic mass is 10.00. The van der Waals surface area contributed by atoms with E-state index in [1.54, 1.807) is 11.1 Å². The maximum Gasteiger partial charge on any atom is 0.407 e. The molecule has 6 rings (SSSR count). The normalized spacial score (nSPS) is 18.4. The highest BCUT2D eigenvalue weighted by atomic mass is 32.1. The molecule has 4 aromatic rings. The van der Waals surface area contributed by atoms with Crippen molar-refractivity contribution in [2.75, 3.05) is 33.5 Å². The van der Waals surface area contributed by atoms with Gasteiger partial charge in [-0.1, -0.05) is 30.3 Å². The highest BCUT2D eigenvalue weighted by Crippen LogP contribution is 2.37. The minimum atomic E-state index is -0.844. The number of nitrogens with zero attached hydrogens (tertiary/aromatic N) is 3. The van der Waals surface area contributed by atoms with Gasteiger partial charge in [-0.2, -0.15) is 27.0 Å². The Labute approximate surface area is 276 Å². The maximum absolute atomic E-state index is 13.6. The molecule has 2 amide bonds. The fraction of sp³-hybridized carbons (Fsp3) is 0.375. The van der Waals surface area contributed by atoms with Crippen LogP contribution in [0.5, 0.6) is 5.75 Å². The molecule has 4 heterocycles. The van der Waals surface area contributed by atoms with Gasteiger partial charge in [0.15, 0.2) is 0 Å². The molecule has 0 saturated carbocycles. The predicted octanol–water partition coefficient (Wildman–Crippen LogP) is 5.25. The molecule has 2 aliphatic rings. The molecule has 1 saturated heterocycles. The zero-order valence-electron chi connectivity index (χ0n) is 25.4. The van der Waals surface area contributed by atoms with E-state index < -0.39 is 12.1 Å². The summed E-state index contributed by atoms with van der Waals surface area (Å²) >= 11 is 0. The van der Waals surface area contributed by atoms with Crippen molar-refractivity contribution in [2.45, 2.75) is 44.7 Å². The number of hydrogen-bond acceptors (Lipinski definition) is 7. The van der Waals surface area contributed by atoms with Gasteiger partial charge in [-0.05, 0) is 61.4 Å². The fourth-order valence-corrected chi connectivity index (χ4v) is 5.68. The van der Waals surface area contributed by atoms with Crippen LogP contribution in [0.2, 0.25) is 0 Å². The zero-order chi connectivity index (χ0) is 29.8. The minimum Gasteiger partial charge on any atom is -0.493 e. The summed E-state index contributed by atoms with van der Waals surface area (Å²) in [7, 11) is 1.28. The lowest BCUT2D eigenvalue weighted by Crippen LogP contribution is -2.50. The Morgan fingerprint density at radius 3 is 2.44 bits per heavy atom. The van der Waals surface area contributed by atoms with Crippen LogP contribution in [-0.4, -0.2) is 76.4 Å². The average molecular weight is 653 g/mol. The average Bonchev–Trinajstić information content (AvgIpc) is 3.80. The van der Waals surface area contributed by atoms with Crippen molar-refractivity contribution in [3.05, 3.63) is 66.5 Å². The Kier molecular flexibility index (Phi) is 11.6. The monoisotopic (exact) mass is 652 g/mol. The number of H-pyrrole nitrogens is 2. The SMILES string of the molecule is COC(=O)N[C@H]1COCCCCOc2cc(-c3ccc(-c4cnc(C)[nH]4)cc3)ccc2-c2cnc([nH]2)[C@@H]2CCCN2C1=O.S.S. The molecule has 13 heteroatoms. The summed E-state index contributed by atoms with van der Waals surface area (Å²) in [5, 5.41) is 2.64. The lowest BCUT2D eigenvalue weighted by molar-refractivity contribution is -0.136. The van der Waals surface area contributed by atoms with Gasteiger partial charge in [-0.25, -0.2) is 14.8 Å². The molecule has 45 heavy (non-hydrogen) atoms. The van der Waals surface area contributed by atoms with Gasteiger partial charge in [0.25, 0.3) is 0 Å². The Morgan fingerprint density at radius 1 is 0.956 bits per heavy atom. The van der Waals surface area contributed by atoms with E-state index in [4.69, 9.17) is 14.2 Å². The van der Waals surface area contributed by atoms with E-state index in [1.807, 2.05) is 19.2 Å². The van der Waals surface area contributed by atoms with Gasteiger partial charge in [-0.3, -0.25) is 4.79 Å². The Balaban J connectivity index is 0.00000230. The van der Waals surface area contributed by atoms with Crippen LogP contribution < -0.4 is 10.1 Å². The van der Waals surface area contributed by atoms with Crippen LogP contribution in [-0.2, 0) is 14.3 Å². The van der Waals surface area contributed by atoms with Gasteiger partial charge < -0.3 is 34.4 Å². The molecule has 0 unspecified atom stereocenters. The molecule has 2 aromatic heterocycles. The Morgan fingerprint density at radius 2 is 1.69 bits per heavy atom. The quantitative estimate of drug-likeness (QED) is 0.275. The number of amides is 2. The second-order valence-electron chi connectivity index (χ2n) is 10.9. The number of alkyl carbamates (subject to hydrolysis) is 1. The number of rotatable bonds is 3. The molecule has 3 N–H and O–H groups in total. The first-order valence-corrected chi connectivity index (χ1v) is 14.7. The molecule has 11 nitrogen and oxygen atoms in total. The first kappa shape index (κ1) is 33.9. The van der Waals surface area contributed by atoms with E-state index in [2.05, 4.69) is 61.7 Å². The number of nitrogens with one attached hydrogen (secondary N) is 3. The maximum atomic E-state index is 13.6. The van der Waals surface area contributed by atoms with E-state index >= 15 is 0 Å². The first-order chi connectivity index (χ1) is 21.0. The number of imidazole rings is 2. The van der Waals surface area contributed by atoms with E-state index in [1.165, 1.54) is 7.11 Å². The van der Waals surface area contributed by atoms with Crippen LogP contribution in [0.25, 0.3) is 33.6 Å². The second kappa shape index (κ2) is 15.4. The highest BCUT2D eigenvalue weighted by Gasteiger charge is 2.36. The number of benzene rings is 2. The molecular formula is C32H40N6O5S2. The van der Waals surface area contributed by atoms with E-state index in [9.17, 15) is 9.59 Å². The Hall–Kier alpha value is -3.94. The molecule has 0 spiro atoms. The van der Waals surface area contributed by atoms with Gasteiger partial charge in [0.05, 0.1) is 50.1 Å². The standard InChI is InChI=1S/C32H36N6O5.2H2S/c1-20-33-17-25(35-20)22-9-7-21(8-10-22)23-11-12-24-26-18-34-30(36-26)28-6-5-13-38(28)31(39)27(37-32(40)41-2)19-42-14-3-4-15-43-29(24)16-23;;/h7-12,16-18,27-28H,3-6,13-15,19H2,1-2H3,(H,33,35)(H,34,36)(H,37,40);2*1H2/t27-,28-;;/m0../s1. The van der Waals surface area contributed by atoms with E-state index in [0.29, 0.717) is 25.6 Å². The molecular weight excluding hydrogens is 613 g/mol. The summed E-state index contributed by atoms with van der Waals surface area (Å²) in [6.45, 7) is 3.51. The molecule has 1 fully saturated rings. The van der Waals surface area contributed by atoms with Crippen molar-refractivity contribution >= 4 is 39.0 Å². The van der Waals surface area contributed by atoms with Crippen LogP contribution in [0.4, 0.5) is 4.79 Å². The van der Waals surface area contributed by atoms with Gasteiger partial charge in [0.1, 0.15) is 23.4 Å². The molecule has 240 valence electrons. The number of hydrogen-bond donors (Lipinski definition) is 3. The fourth-order valence-electron chi connectivity index (χ4n) is 5.68. The van der Waals surface area contributed by atoms with Gasteiger partial charge in [-0.15, -0.1) is 0 Å². The largest absolute Gasteiger partial charge is 0.493 e. The third kappa shape index (κ3) is 7.66. The van der Waals surface area contributed by atoms with E-state index in [-0.39, 0.29) is 45.5 Å². The number of aryl methyl sites for hydroxylation is 1. The van der Waals surface area contributed by atoms with E-state index in [0.717, 1.165) is 70.9 Å². The van der Waals surface area contributed by atoms with Gasteiger partial charge >= 0.3 is 6.09 Å². The lowest BCUT2D eigenvalue weighted by Gasteiger charge is -2.28. The number of carbonyl (C=O) groups is 2. The molecule has 2 atom stereocenters.